The number of nitrogens with one attached hydrogen (secondary N) is 1. The van der Waals surface area contributed by atoms with Gasteiger partial charge in [-0.05, 0) is 75.9 Å². The maximum absolute atomic E-state index is 13.4. The van der Waals surface area contributed by atoms with Gasteiger partial charge in [0.15, 0.2) is 5.65 Å². The van der Waals surface area contributed by atoms with Crippen LogP contribution in [-0.4, -0.2) is 49.8 Å². The van der Waals surface area contributed by atoms with Crippen molar-refractivity contribution in [2.45, 2.75) is 64.6 Å². The van der Waals surface area contributed by atoms with E-state index in [1.165, 1.54) is 0 Å². The quantitative estimate of drug-likeness (QED) is 0.392. The first-order chi connectivity index (χ1) is 18.9. The summed E-state index contributed by atoms with van der Waals surface area (Å²) in [6.45, 7) is 6.76. The zero-order valence-corrected chi connectivity index (χ0v) is 22.7. The van der Waals surface area contributed by atoms with E-state index in [1.54, 1.807) is 23.9 Å². The lowest BCUT2D eigenvalue weighted by molar-refractivity contribution is 0.0937. The van der Waals surface area contributed by atoms with Gasteiger partial charge in [0, 0.05) is 36.9 Å². The summed E-state index contributed by atoms with van der Waals surface area (Å²) in [5.41, 5.74) is 4.41. The first kappa shape index (κ1) is 25.1. The van der Waals surface area contributed by atoms with Crippen LogP contribution in [0.3, 0.4) is 0 Å². The van der Waals surface area contributed by atoms with E-state index in [2.05, 4.69) is 20.2 Å². The van der Waals surface area contributed by atoms with Crippen molar-refractivity contribution in [2.75, 3.05) is 18.6 Å². The topological polar surface area (TPSA) is 107 Å². The molecule has 10 heteroatoms. The highest BCUT2D eigenvalue weighted by Crippen LogP contribution is 2.41. The van der Waals surface area contributed by atoms with Crippen molar-refractivity contribution in [1.29, 1.82) is 0 Å². The first-order valence-electron chi connectivity index (χ1n) is 13.5. The van der Waals surface area contributed by atoms with Gasteiger partial charge >= 0.3 is 0 Å². The summed E-state index contributed by atoms with van der Waals surface area (Å²) in [5, 5.41) is 8.12. The fourth-order valence-electron chi connectivity index (χ4n) is 5.67. The van der Waals surface area contributed by atoms with Crippen molar-refractivity contribution in [3.63, 3.8) is 0 Å². The number of amides is 1. The number of fused-ring (bicyclic) bond motifs is 1. The second-order valence-electron chi connectivity index (χ2n) is 10.5. The number of imidazole rings is 1. The Morgan fingerprint density at radius 3 is 2.74 bits per heavy atom. The molecule has 6 rings (SSSR count). The van der Waals surface area contributed by atoms with Gasteiger partial charge in [0.2, 0.25) is 0 Å². The van der Waals surface area contributed by atoms with Gasteiger partial charge in [-0.15, -0.1) is 5.10 Å². The molecule has 0 unspecified atom stereocenters. The van der Waals surface area contributed by atoms with Gasteiger partial charge in [-0.2, -0.15) is 0 Å². The van der Waals surface area contributed by atoms with Crippen LogP contribution in [0.4, 0.5) is 5.82 Å². The number of hydrogen-bond donors (Lipinski definition) is 1. The van der Waals surface area contributed by atoms with Crippen LogP contribution in [0.5, 0.6) is 5.75 Å². The maximum Gasteiger partial charge on any atom is 0.263 e. The summed E-state index contributed by atoms with van der Waals surface area (Å²) in [6.07, 6.45) is 6.57. The lowest BCUT2D eigenvalue weighted by atomic mass is 10.1. The van der Waals surface area contributed by atoms with E-state index in [9.17, 15) is 9.59 Å². The molecular formula is C29H33N7O3. The SMILES string of the molecule is CCn1c(C)c(C)cc(C(=O)N[C@H]2C[C@H](c3ncccc3OC)N(c3ccc4ncc(C5CC5)n4n3)C2)c1=O. The Labute approximate surface area is 226 Å². The van der Waals surface area contributed by atoms with Gasteiger partial charge in [-0.25, -0.2) is 9.50 Å². The number of aromatic nitrogens is 5. The lowest BCUT2D eigenvalue weighted by Crippen LogP contribution is -2.41. The normalized spacial score (nSPS) is 19.0. The average molecular weight is 528 g/mol. The summed E-state index contributed by atoms with van der Waals surface area (Å²) in [4.78, 5) is 37.9. The van der Waals surface area contributed by atoms with Crippen LogP contribution >= 0.6 is 0 Å². The summed E-state index contributed by atoms with van der Waals surface area (Å²) >= 11 is 0. The van der Waals surface area contributed by atoms with E-state index in [4.69, 9.17) is 9.84 Å². The van der Waals surface area contributed by atoms with Gasteiger partial charge in [-0.3, -0.25) is 14.6 Å². The molecule has 1 aliphatic heterocycles. The second-order valence-corrected chi connectivity index (χ2v) is 10.5. The molecule has 10 nitrogen and oxygen atoms in total. The van der Waals surface area contributed by atoms with Crippen molar-refractivity contribution >= 4 is 17.4 Å². The molecule has 5 heterocycles. The number of carbonyl (C=O) groups excluding carboxylic acids is 1. The highest BCUT2D eigenvalue weighted by Gasteiger charge is 2.38. The summed E-state index contributed by atoms with van der Waals surface area (Å²) in [7, 11) is 1.63. The van der Waals surface area contributed by atoms with Crippen molar-refractivity contribution < 1.29 is 9.53 Å². The molecule has 0 bridgehead atoms. The van der Waals surface area contributed by atoms with Crippen molar-refractivity contribution in [3.8, 4) is 5.75 Å². The molecule has 1 amide bonds. The molecule has 4 aromatic rings. The van der Waals surface area contributed by atoms with E-state index in [0.717, 1.165) is 47.0 Å². The highest BCUT2D eigenvalue weighted by molar-refractivity contribution is 5.94. The molecule has 1 N–H and O–H groups in total. The highest BCUT2D eigenvalue weighted by atomic mass is 16.5. The Morgan fingerprint density at radius 1 is 1.18 bits per heavy atom. The summed E-state index contributed by atoms with van der Waals surface area (Å²) < 4.78 is 9.24. The Hall–Kier alpha value is -4.21. The lowest BCUT2D eigenvalue weighted by Gasteiger charge is -2.26. The fraction of sp³-hybridized carbons (Fsp3) is 0.414. The first-order valence-corrected chi connectivity index (χ1v) is 13.5. The molecule has 4 aromatic heterocycles. The van der Waals surface area contributed by atoms with Crippen LogP contribution in [0.25, 0.3) is 5.65 Å². The molecular weight excluding hydrogens is 494 g/mol. The van der Waals surface area contributed by atoms with Gasteiger partial charge in [0.25, 0.3) is 11.5 Å². The third-order valence-corrected chi connectivity index (χ3v) is 8.01. The number of carbonyl (C=O) groups is 1. The molecule has 0 spiro atoms. The summed E-state index contributed by atoms with van der Waals surface area (Å²) in [5.74, 6) is 1.60. The summed E-state index contributed by atoms with van der Waals surface area (Å²) in [6, 6.07) is 8.97. The predicted octanol–water partition coefficient (Wildman–Crippen LogP) is 3.56. The third-order valence-electron chi connectivity index (χ3n) is 8.01. The Morgan fingerprint density at radius 2 is 2.00 bits per heavy atom. The molecule has 2 atom stereocenters. The van der Waals surface area contributed by atoms with Crippen LogP contribution < -0.4 is 20.5 Å². The Bertz CT molecular complexity index is 1620. The number of nitrogens with zero attached hydrogens (tertiary/aromatic N) is 6. The molecule has 2 aliphatic rings. The Balaban J connectivity index is 1.35. The van der Waals surface area contributed by atoms with Crippen molar-refractivity contribution in [2.24, 2.45) is 0 Å². The van der Waals surface area contributed by atoms with E-state index >= 15 is 0 Å². The van der Waals surface area contributed by atoms with Crippen LogP contribution in [0.2, 0.25) is 0 Å². The molecule has 39 heavy (non-hydrogen) atoms. The molecule has 202 valence electrons. The number of hydrogen-bond acceptors (Lipinski definition) is 7. The number of aryl methyl sites for hydroxylation is 1. The number of ether oxygens (including phenoxy) is 1. The third kappa shape index (κ3) is 4.43. The molecule has 1 aliphatic carbocycles. The Kier molecular flexibility index (Phi) is 6.32. The van der Waals surface area contributed by atoms with Crippen molar-refractivity contribution in [1.82, 2.24) is 29.5 Å². The molecule has 1 saturated carbocycles. The molecule has 0 aromatic carbocycles. The number of anilines is 1. The molecule has 2 fully saturated rings. The number of rotatable bonds is 7. The van der Waals surface area contributed by atoms with E-state index in [0.29, 0.717) is 31.2 Å². The number of pyridine rings is 2. The second kappa shape index (κ2) is 9.83. The predicted molar refractivity (Wildman–Crippen MR) is 148 cm³/mol. The van der Waals surface area contributed by atoms with Gasteiger partial charge < -0.3 is 19.5 Å². The molecule has 0 radical (unpaired) electrons. The smallest absolute Gasteiger partial charge is 0.263 e. The van der Waals surface area contributed by atoms with Crippen molar-refractivity contribution in [3.05, 3.63) is 81.3 Å². The standard InChI is InChI=1S/C29H33N7O3/c1-5-34-18(3)17(2)13-21(29(34)38)28(37)32-20-14-22(27-24(39-4)7-6-12-30-27)35(16-20)26-11-10-25-31-15-23(19-8-9-19)36(25)33-26/h6-7,10-13,15,19-20,22H,5,8-9,14,16H2,1-4H3,(H,32,37)/t20-,22+/m0/s1. The van der Waals surface area contributed by atoms with Crippen LogP contribution in [0.15, 0.2) is 47.5 Å². The zero-order chi connectivity index (χ0) is 27.3. The van der Waals surface area contributed by atoms with Gasteiger partial charge in [-0.1, -0.05) is 0 Å². The number of methoxy groups -OCH3 is 1. The average Bonchev–Trinajstić information content (AvgIpc) is 3.57. The minimum absolute atomic E-state index is 0.164. The van der Waals surface area contributed by atoms with E-state index in [1.807, 2.05) is 55.7 Å². The van der Waals surface area contributed by atoms with Crippen LogP contribution in [0, 0.1) is 13.8 Å². The fourth-order valence-corrected chi connectivity index (χ4v) is 5.67. The van der Waals surface area contributed by atoms with Gasteiger partial charge in [0.05, 0.1) is 25.0 Å². The largest absolute Gasteiger partial charge is 0.495 e. The van der Waals surface area contributed by atoms with Crippen LogP contribution in [-0.2, 0) is 6.54 Å². The maximum atomic E-state index is 13.4. The van der Waals surface area contributed by atoms with Gasteiger partial charge in [0.1, 0.15) is 22.8 Å². The minimum atomic E-state index is -0.363. The monoisotopic (exact) mass is 527 g/mol. The van der Waals surface area contributed by atoms with E-state index in [-0.39, 0.29) is 29.1 Å². The van der Waals surface area contributed by atoms with E-state index < -0.39 is 0 Å². The minimum Gasteiger partial charge on any atom is -0.495 e. The zero-order valence-electron chi connectivity index (χ0n) is 22.7. The molecule has 1 saturated heterocycles. The van der Waals surface area contributed by atoms with Crippen LogP contribution in [0.1, 0.15) is 71.1 Å².